The molecule has 3 heteroatoms. The largest absolute Gasteiger partial charge is 0.300 e. The first-order valence-electron chi connectivity index (χ1n) is 5.84. The van der Waals surface area contributed by atoms with E-state index < -0.39 is 0 Å². The highest BCUT2D eigenvalue weighted by Crippen LogP contribution is 2.11. The van der Waals surface area contributed by atoms with Crippen LogP contribution in [0, 0.1) is 0 Å². The van der Waals surface area contributed by atoms with Crippen LogP contribution in [0.4, 0.5) is 0 Å². The van der Waals surface area contributed by atoms with Gasteiger partial charge in [-0.3, -0.25) is 9.80 Å². The Labute approximate surface area is 96.8 Å². The predicted octanol–water partition coefficient (Wildman–Crippen LogP) is 2.19. The fourth-order valence-electron chi connectivity index (χ4n) is 2.28. The summed E-state index contributed by atoms with van der Waals surface area (Å²) in [6.07, 6.45) is 2.60. The van der Waals surface area contributed by atoms with Crippen molar-refractivity contribution < 1.29 is 0 Å². The average molecular weight is 263 g/mol. The molecule has 1 rings (SSSR count). The van der Waals surface area contributed by atoms with Gasteiger partial charge in [-0.1, -0.05) is 29.8 Å². The predicted molar refractivity (Wildman–Crippen MR) is 66.2 cm³/mol. The lowest BCUT2D eigenvalue weighted by Gasteiger charge is -2.38. The summed E-state index contributed by atoms with van der Waals surface area (Å²) in [4.78, 5) is 5.21. The Bertz CT molecular complexity index is 140. The van der Waals surface area contributed by atoms with Crippen LogP contribution in [0.5, 0.6) is 0 Å². The van der Waals surface area contributed by atoms with Crippen molar-refractivity contribution in [1.29, 1.82) is 0 Å². The normalized spacial score (nSPS) is 20.6. The monoisotopic (exact) mass is 262 g/mol. The summed E-state index contributed by atoms with van der Waals surface area (Å²) in [7, 11) is 0. The molecule has 2 nitrogen and oxygen atoms in total. The molecule has 0 aromatic rings. The Hall–Kier alpha value is 0.400. The van der Waals surface area contributed by atoms with Gasteiger partial charge in [0.15, 0.2) is 0 Å². The highest BCUT2D eigenvalue weighted by molar-refractivity contribution is 9.09. The van der Waals surface area contributed by atoms with Crippen molar-refractivity contribution in [2.24, 2.45) is 0 Å². The molecule has 0 aromatic carbocycles. The number of alkyl halides is 1. The highest BCUT2D eigenvalue weighted by Gasteiger charge is 2.20. The van der Waals surface area contributed by atoms with Gasteiger partial charge in [0.2, 0.25) is 0 Å². The van der Waals surface area contributed by atoms with Gasteiger partial charge >= 0.3 is 0 Å². The molecule has 14 heavy (non-hydrogen) atoms. The van der Waals surface area contributed by atoms with Crippen molar-refractivity contribution in [3.8, 4) is 0 Å². The van der Waals surface area contributed by atoms with E-state index in [0.717, 1.165) is 11.4 Å². The minimum Gasteiger partial charge on any atom is -0.300 e. The number of nitrogens with zero attached hydrogens (tertiary/aromatic N) is 2. The fourth-order valence-corrected chi connectivity index (χ4v) is 2.78. The van der Waals surface area contributed by atoms with Crippen LogP contribution < -0.4 is 0 Å². The van der Waals surface area contributed by atoms with Crippen LogP contribution in [0.1, 0.15) is 26.7 Å². The molecule has 0 aromatic heterocycles. The smallest absolute Gasteiger partial charge is 0.0159 e. The Morgan fingerprint density at radius 2 is 1.64 bits per heavy atom. The van der Waals surface area contributed by atoms with Gasteiger partial charge in [0, 0.05) is 44.1 Å². The van der Waals surface area contributed by atoms with Crippen LogP contribution in [-0.2, 0) is 0 Å². The Morgan fingerprint density at radius 3 is 2.07 bits per heavy atom. The highest BCUT2D eigenvalue weighted by atomic mass is 79.9. The lowest BCUT2D eigenvalue weighted by atomic mass is 10.1. The molecule has 0 bridgehead atoms. The van der Waals surface area contributed by atoms with Gasteiger partial charge in [0.25, 0.3) is 0 Å². The maximum Gasteiger partial charge on any atom is 0.0159 e. The van der Waals surface area contributed by atoms with E-state index >= 15 is 0 Å². The summed E-state index contributed by atoms with van der Waals surface area (Å²) in [5.74, 6) is 0. The van der Waals surface area contributed by atoms with Crippen molar-refractivity contribution in [1.82, 2.24) is 9.80 Å². The van der Waals surface area contributed by atoms with Gasteiger partial charge in [-0.2, -0.15) is 0 Å². The Morgan fingerprint density at radius 1 is 1.07 bits per heavy atom. The average Bonchev–Trinajstić information content (AvgIpc) is 2.23. The van der Waals surface area contributed by atoms with Crippen molar-refractivity contribution in [3.63, 3.8) is 0 Å². The zero-order valence-electron chi connectivity index (χ0n) is 9.51. The maximum absolute atomic E-state index is 3.50. The van der Waals surface area contributed by atoms with E-state index in [-0.39, 0.29) is 0 Å². The first-order valence-corrected chi connectivity index (χ1v) is 6.96. The zero-order chi connectivity index (χ0) is 10.4. The maximum atomic E-state index is 3.50. The molecule has 1 aliphatic rings. The van der Waals surface area contributed by atoms with Crippen molar-refractivity contribution in [3.05, 3.63) is 0 Å². The second-order valence-electron chi connectivity index (χ2n) is 4.04. The van der Waals surface area contributed by atoms with E-state index in [4.69, 9.17) is 0 Å². The van der Waals surface area contributed by atoms with Crippen LogP contribution in [0.15, 0.2) is 0 Å². The molecular formula is C11H23BrN2. The molecule has 0 N–H and O–H groups in total. The van der Waals surface area contributed by atoms with E-state index in [0.29, 0.717) is 0 Å². The number of halogens is 1. The summed E-state index contributed by atoms with van der Waals surface area (Å²) < 4.78 is 0. The molecular weight excluding hydrogens is 240 g/mol. The van der Waals surface area contributed by atoms with Crippen LogP contribution in [0.2, 0.25) is 0 Å². The van der Waals surface area contributed by atoms with Gasteiger partial charge in [0.1, 0.15) is 0 Å². The number of piperazine rings is 1. The van der Waals surface area contributed by atoms with Crippen LogP contribution >= 0.6 is 15.9 Å². The summed E-state index contributed by atoms with van der Waals surface area (Å²) in [6, 6.07) is 0.820. The molecule has 1 heterocycles. The van der Waals surface area contributed by atoms with Crippen LogP contribution in [-0.4, -0.2) is 53.9 Å². The van der Waals surface area contributed by atoms with E-state index in [9.17, 15) is 0 Å². The SMILES string of the molecule is CCC(CC)N1CCN(CCBr)CC1. The standard InChI is InChI=1S/C11H23BrN2/c1-3-11(4-2)14-9-7-13(6-5-12)8-10-14/h11H,3-10H2,1-2H3. The number of rotatable bonds is 5. The van der Waals surface area contributed by atoms with Gasteiger partial charge < -0.3 is 0 Å². The summed E-state index contributed by atoms with van der Waals surface area (Å²) in [6.45, 7) is 10.8. The third-order valence-corrected chi connectivity index (χ3v) is 3.62. The van der Waals surface area contributed by atoms with E-state index in [1.165, 1.54) is 45.6 Å². The molecule has 1 saturated heterocycles. The molecule has 0 aliphatic carbocycles. The third kappa shape index (κ3) is 3.52. The van der Waals surface area contributed by atoms with Crippen LogP contribution in [0.3, 0.4) is 0 Å². The fraction of sp³-hybridized carbons (Fsp3) is 1.00. The molecule has 0 saturated carbocycles. The second kappa shape index (κ2) is 6.81. The number of hydrogen-bond donors (Lipinski definition) is 0. The summed E-state index contributed by atoms with van der Waals surface area (Å²) in [5, 5.41) is 1.11. The molecule has 1 aliphatic heterocycles. The molecule has 1 fully saturated rings. The number of hydrogen-bond acceptors (Lipinski definition) is 2. The molecule has 0 spiro atoms. The molecule has 0 unspecified atom stereocenters. The molecule has 84 valence electrons. The first kappa shape index (κ1) is 12.5. The zero-order valence-corrected chi connectivity index (χ0v) is 11.1. The summed E-state index contributed by atoms with van der Waals surface area (Å²) >= 11 is 3.50. The minimum absolute atomic E-state index is 0.820. The van der Waals surface area contributed by atoms with Gasteiger partial charge in [-0.15, -0.1) is 0 Å². The van der Waals surface area contributed by atoms with Gasteiger partial charge in [0.05, 0.1) is 0 Å². The molecule has 0 atom stereocenters. The quantitative estimate of drug-likeness (QED) is 0.701. The topological polar surface area (TPSA) is 6.48 Å². The van der Waals surface area contributed by atoms with Crippen LogP contribution in [0.25, 0.3) is 0 Å². The van der Waals surface area contributed by atoms with Crippen molar-refractivity contribution in [2.75, 3.05) is 38.1 Å². The van der Waals surface area contributed by atoms with Gasteiger partial charge in [-0.05, 0) is 12.8 Å². The van der Waals surface area contributed by atoms with Crippen molar-refractivity contribution >= 4 is 15.9 Å². The second-order valence-corrected chi connectivity index (χ2v) is 4.83. The van der Waals surface area contributed by atoms with Crippen molar-refractivity contribution in [2.45, 2.75) is 32.7 Å². The third-order valence-electron chi connectivity index (χ3n) is 3.27. The first-order chi connectivity index (χ1) is 6.81. The lowest BCUT2D eigenvalue weighted by molar-refractivity contribution is 0.0961. The molecule has 0 amide bonds. The lowest BCUT2D eigenvalue weighted by Crippen LogP contribution is -2.50. The Balaban J connectivity index is 2.27. The van der Waals surface area contributed by atoms with E-state index in [1.54, 1.807) is 0 Å². The Kier molecular flexibility index (Phi) is 6.06. The van der Waals surface area contributed by atoms with Gasteiger partial charge in [-0.25, -0.2) is 0 Å². The minimum atomic E-state index is 0.820. The van der Waals surface area contributed by atoms with E-state index in [2.05, 4.69) is 39.6 Å². The van der Waals surface area contributed by atoms with E-state index in [1.807, 2.05) is 0 Å². The summed E-state index contributed by atoms with van der Waals surface area (Å²) in [5.41, 5.74) is 0. The molecule has 0 radical (unpaired) electrons.